The normalized spacial score (nSPS) is 25.2. The molecule has 1 saturated heterocycles. The van der Waals surface area contributed by atoms with Gasteiger partial charge in [0.25, 0.3) is 0 Å². The fourth-order valence-electron chi connectivity index (χ4n) is 2.58. The standard InChI is InChI=1S/C15H22O3/c1-9-5-7-12(15(17-4)11(9)3)14(16)13-8-6-10(2)18-13/h5,7,10,13-14,16H,6,8H2,1-4H3. The largest absolute Gasteiger partial charge is 0.496 e. The van der Waals surface area contributed by atoms with Gasteiger partial charge in [0.1, 0.15) is 11.9 Å². The minimum Gasteiger partial charge on any atom is -0.496 e. The van der Waals surface area contributed by atoms with Gasteiger partial charge < -0.3 is 14.6 Å². The van der Waals surface area contributed by atoms with Crippen LogP contribution in [0.2, 0.25) is 0 Å². The summed E-state index contributed by atoms with van der Waals surface area (Å²) in [5.41, 5.74) is 3.09. The summed E-state index contributed by atoms with van der Waals surface area (Å²) < 4.78 is 11.2. The van der Waals surface area contributed by atoms with Crippen LogP contribution >= 0.6 is 0 Å². The molecule has 18 heavy (non-hydrogen) atoms. The van der Waals surface area contributed by atoms with Gasteiger partial charge in [-0.2, -0.15) is 0 Å². The second-order valence-corrected chi connectivity index (χ2v) is 5.14. The number of rotatable bonds is 3. The van der Waals surface area contributed by atoms with Crippen LogP contribution in [0.25, 0.3) is 0 Å². The fraction of sp³-hybridized carbons (Fsp3) is 0.600. The topological polar surface area (TPSA) is 38.7 Å². The monoisotopic (exact) mass is 250 g/mol. The van der Waals surface area contributed by atoms with E-state index < -0.39 is 6.10 Å². The molecule has 100 valence electrons. The number of aryl methyl sites for hydroxylation is 1. The maximum absolute atomic E-state index is 10.5. The van der Waals surface area contributed by atoms with E-state index in [1.807, 2.05) is 32.9 Å². The molecular weight excluding hydrogens is 228 g/mol. The second-order valence-electron chi connectivity index (χ2n) is 5.14. The van der Waals surface area contributed by atoms with E-state index in [0.717, 1.165) is 29.7 Å². The highest BCUT2D eigenvalue weighted by Crippen LogP contribution is 2.36. The van der Waals surface area contributed by atoms with Crippen molar-refractivity contribution in [2.45, 2.75) is 51.9 Å². The second kappa shape index (κ2) is 5.29. The van der Waals surface area contributed by atoms with Crippen LogP contribution in [0, 0.1) is 13.8 Å². The molecule has 0 saturated carbocycles. The summed E-state index contributed by atoms with van der Waals surface area (Å²) in [6.07, 6.45) is 1.43. The molecule has 2 rings (SSSR count). The molecule has 3 atom stereocenters. The third kappa shape index (κ3) is 2.38. The van der Waals surface area contributed by atoms with Crippen LogP contribution in [0.3, 0.4) is 0 Å². The Morgan fingerprint density at radius 2 is 2.06 bits per heavy atom. The van der Waals surface area contributed by atoms with Gasteiger partial charge in [-0.05, 0) is 44.7 Å². The molecule has 1 aromatic carbocycles. The number of hydrogen-bond donors (Lipinski definition) is 1. The molecule has 1 aliphatic heterocycles. The van der Waals surface area contributed by atoms with Crippen LogP contribution < -0.4 is 4.74 Å². The molecular formula is C15H22O3. The van der Waals surface area contributed by atoms with E-state index in [1.165, 1.54) is 5.56 Å². The van der Waals surface area contributed by atoms with Crippen LogP contribution in [0.5, 0.6) is 5.75 Å². The number of ether oxygens (including phenoxy) is 2. The van der Waals surface area contributed by atoms with Gasteiger partial charge in [0.2, 0.25) is 0 Å². The quantitative estimate of drug-likeness (QED) is 0.896. The molecule has 0 bridgehead atoms. The molecule has 0 spiro atoms. The first-order valence-corrected chi connectivity index (χ1v) is 6.52. The number of methoxy groups -OCH3 is 1. The predicted molar refractivity (Wildman–Crippen MR) is 71.0 cm³/mol. The summed E-state index contributed by atoms with van der Waals surface area (Å²) >= 11 is 0. The number of benzene rings is 1. The highest BCUT2D eigenvalue weighted by atomic mass is 16.5. The number of hydrogen-bond acceptors (Lipinski definition) is 3. The predicted octanol–water partition coefficient (Wildman–Crippen LogP) is 2.91. The van der Waals surface area contributed by atoms with E-state index >= 15 is 0 Å². The average molecular weight is 250 g/mol. The maximum Gasteiger partial charge on any atom is 0.127 e. The highest BCUT2D eigenvalue weighted by molar-refractivity contribution is 5.46. The molecule has 3 heteroatoms. The Morgan fingerprint density at radius 1 is 1.33 bits per heavy atom. The summed E-state index contributed by atoms with van der Waals surface area (Å²) in [7, 11) is 1.65. The smallest absolute Gasteiger partial charge is 0.127 e. The lowest BCUT2D eigenvalue weighted by molar-refractivity contribution is -0.0305. The molecule has 0 amide bonds. The lowest BCUT2D eigenvalue weighted by Crippen LogP contribution is -2.19. The van der Waals surface area contributed by atoms with Gasteiger partial charge in [0.15, 0.2) is 0 Å². The summed E-state index contributed by atoms with van der Waals surface area (Å²) in [6, 6.07) is 3.97. The molecule has 3 nitrogen and oxygen atoms in total. The Kier molecular flexibility index (Phi) is 3.93. The Balaban J connectivity index is 2.30. The van der Waals surface area contributed by atoms with Gasteiger partial charge in [-0.25, -0.2) is 0 Å². The van der Waals surface area contributed by atoms with E-state index in [0.29, 0.717) is 0 Å². The van der Waals surface area contributed by atoms with Crippen LogP contribution in [0.15, 0.2) is 12.1 Å². The lowest BCUT2D eigenvalue weighted by atomic mass is 9.96. The molecule has 0 aliphatic carbocycles. The average Bonchev–Trinajstić information content (AvgIpc) is 2.78. The third-order valence-corrected chi connectivity index (χ3v) is 3.85. The highest BCUT2D eigenvalue weighted by Gasteiger charge is 2.31. The zero-order valence-electron chi connectivity index (χ0n) is 11.6. The van der Waals surface area contributed by atoms with E-state index in [1.54, 1.807) is 7.11 Å². The van der Waals surface area contributed by atoms with Gasteiger partial charge in [-0.15, -0.1) is 0 Å². The van der Waals surface area contributed by atoms with Gasteiger partial charge in [0, 0.05) is 5.56 Å². The van der Waals surface area contributed by atoms with Gasteiger partial charge in [0.05, 0.1) is 19.3 Å². The molecule has 1 aliphatic rings. The summed E-state index contributed by atoms with van der Waals surface area (Å²) in [5.74, 6) is 0.783. The zero-order valence-corrected chi connectivity index (χ0v) is 11.6. The lowest BCUT2D eigenvalue weighted by Gasteiger charge is -2.22. The van der Waals surface area contributed by atoms with Gasteiger partial charge >= 0.3 is 0 Å². The van der Waals surface area contributed by atoms with Crippen molar-refractivity contribution in [3.63, 3.8) is 0 Å². The van der Waals surface area contributed by atoms with Crippen molar-refractivity contribution in [3.05, 3.63) is 28.8 Å². The van der Waals surface area contributed by atoms with Gasteiger partial charge in [-0.1, -0.05) is 12.1 Å². The van der Waals surface area contributed by atoms with Crippen LogP contribution in [0.1, 0.15) is 42.6 Å². The van der Waals surface area contributed by atoms with E-state index in [9.17, 15) is 5.11 Å². The SMILES string of the molecule is COc1c(C(O)C2CCC(C)O2)ccc(C)c1C. The minimum atomic E-state index is -0.607. The van der Waals surface area contributed by atoms with Crippen LogP contribution in [-0.4, -0.2) is 24.4 Å². The van der Waals surface area contributed by atoms with Crippen molar-refractivity contribution in [3.8, 4) is 5.75 Å². The first-order chi connectivity index (χ1) is 8.54. The summed E-state index contributed by atoms with van der Waals surface area (Å²) in [6.45, 7) is 6.11. The fourth-order valence-corrected chi connectivity index (χ4v) is 2.58. The van der Waals surface area contributed by atoms with E-state index in [2.05, 4.69) is 0 Å². The molecule has 1 aromatic rings. The van der Waals surface area contributed by atoms with Crippen molar-refractivity contribution in [1.29, 1.82) is 0 Å². The summed E-state index contributed by atoms with van der Waals surface area (Å²) in [4.78, 5) is 0. The van der Waals surface area contributed by atoms with Crippen molar-refractivity contribution >= 4 is 0 Å². The zero-order chi connectivity index (χ0) is 13.3. The number of aliphatic hydroxyl groups is 1. The van der Waals surface area contributed by atoms with Gasteiger partial charge in [-0.3, -0.25) is 0 Å². The Hall–Kier alpha value is -1.06. The van der Waals surface area contributed by atoms with Crippen molar-refractivity contribution in [2.24, 2.45) is 0 Å². The molecule has 1 heterocycles. The maximum atomic E-state index is 10.5. The first kappa shape index (κ1) is 13.4. The number of aliphatic hydroxyl groups excluding tert-OH is 1. The minimum absolute atomic E-state index is 0.115. The van der Waals surface area contributed by atoms with Crippen molar-refractivity contribution in [1.82, 2.24) is 0 Å². The molecule has 1 N–H and O–H groups in total. The van der Waals surface area contributed by atoms with Crippen molar-refractivity contribution < 1.29 is 14.6 Å². The molecule has 0 radical (unpaired) electrons. The Bertz CT molecular complexity index is 428. The van der Waals surface area contributed by atoms with E-state index in [4.69, 9.17) is 9.47 Å². The Morgan fingerprint density at radius 3 is 2.61 bits per heavy atom. The van der Waals surface area contributed by atoms with Crippen LogP contribution in [0.4, 0.5) is 0 Å². The molecule has 3 unspecified atom stereocenters. The van der Waals surface area contributed by atoms with Crippen molar-refractivity contribution in [2.75, 3.05) is 7.11 Å². The molecule has 1 fully saturated rings. The first-order valence-electron chi connectivity index (χ1n) is 6.52. The molecule has 0 aromatic heterocycles. The Labute approximate surface area is 109 Å². The van der Waals surface area contributed by atoms with E-state index in [-0.39, 0.29) is 12.2 Å². The van der Waals surface area contributed by atoms with Crippen LogP contribution in [-0.2, 0) is 4.74 Å². The summed E-state index contributed by atoms with van der Waals surface area (Å²) in [5, 5.41) is 10.5. The third-order valence-electron chi connectivity index (χ3n) is 3.85.